The monoisotopic (exact) mass is 329 g/mol. The molecule has 2 aromatic carbocycles. The fourth-order valence-corrected chi connectivity index (χ4v) is 2.68. The first-order valence-corrected chi connectivity index (χ1v) is 7.25. The van der Waals surface area contributed by atoms with Crippen LogP contribution in [0.3, 0.4) is 0 Å². The number of rotatable bonds is 2. The normalized spacial score (nSPS) is 13.2. The molecule has 0 radical (unpaired) electrons. The zero-order valence-corrected chi connectivity index (χ0v) is 13.1. The summed E-state index contributed by atoms with van der Waals surface area (Å²) in [6.07, 6.45) is 1.05. The van der Waals surface area contributed by atoms with Gasteiger partial charge >= 0.3 is 0 Å². The van der Waals surface area contributed by atoms with Crippen LogP contribution >= 0.6 is 12.4 Å². The van der Waals surface area contributed by atoms with Gasteiger partial charge in [0.1, 0.15) is 5.75 Å². The molecule has 2 heterocycles. The summed E-state index contributed by atoms with van der Waals surface area (Å²) in [5, 5.41) is 16.7. The summed E-state index contributed by atoms with van der Waals surface area (Å²) in [7, 11) is 0. The first-order valence-electron chi connectivity index (χ1n) is 7.25. The highest BCUT2D eigenvalue weighted by Crippen LogP contribution is 2.26. The van der Waals surface area contributed by atoms with Gasteiger partial charge in [0.2, 0.25) is 5.82 Å². The summed E-state index contributed by atoms with van der Waals surface area (Å²) in [5.41, 5.74) is 4.40. The Morgan fingerprint density at radius 2 is 1.78 bits per heavy atom. The molecule has 0 unspecified atom stereocenters. The molecule has 6 heteroatoms. The van der Waals surface area contributed by atoms with Crippen molar-refractivity contribution < 1.29 is 9.63 Å². The molecule has 1 aromatic heterocycles. The summed E-state index contributed by atoms with van der Waals surface area (Å²) in [4.78, 5) is 4.45. The number of nitrogens with one attached hydrogen (secondary N) is 1. The van der Waals surface area contributed by atoms with E-state index in [1.807, 2.05) is 6.07 Å². The highest BCUT2D eigenvalue weighted by Gasteiger charge is 2.14. The number of benzene rings is 2. The molecule has 0 amide bonds. The fraction of sp³-hybridized carbons (Fsp3) is 0.176. The number of phenolic OH excluding ortho intramolecular Hbond substituents is 1. The quantitative estimate of drug-likeness (QED) is 0.755. The van der Waals surface area contributed by atoms with Crippen molar-refractivity contribution in [2.75, 3.05) is 6.54 Å². The van der Waals surface area contributed by atoms with Gasteiger partial charge in [-0.15, -0.1) is 12.4 Å². The van der Waals surface area contributed by atoms with E-state index < -0.39 is 0 Å². The molecule has 5 nitrogen and oxygen atoms in total. The molecular formula is C17H16ClN3O2. The second-order valence-electron chi connectivity index (χ2n) is 5.38. The summed E-state index contributed by atoms with van der Waals surface area (Å²) in [6.45, 7) is 1.90. The van der Waals surface area contributed by atoms with Gasteiger partial charge in [0, 0.05) is 17.7 Å². The van der Waals surface area contributed by atoms with Gasteiger partial charge in [0.05, 0.1) is 0 Å². The van der Waals surface area contributed by atoms with Crippen LogP contribution in [0.4, 0.5) is 0 Å². The zero-order valence-electron chi connectivity index (χ0n) is 12.3. The van der Waals surface area contributed by atoms with Crippen molar-refractivity contribution in [2.45, 2.75) is 13.0 Å². The smallest absolute Gasteiger partial charge is 0.258 e. The topological polar surface area (TPSA) is 71.2 Å². The molecule has 1 aliphatic rings. The van der Waals surface area contributed by atoms with Crippen LogP contribution in [-0.2, 0) is 13.0 Å². The summed E-state index contributed by atoms with van der Waals surface area (Å²) < 4.78 is 5.38. The first kappa shape index (κ1) is 15.5. The maximum Gasteiger partial charge on any atom is 0.258 e. The molecule has 0 saturated carbocycles. The second-order valence-corrected chi connectivity index (χ2v) is 5.38. The Hall–Kier alpha value is -2.37. The molecule has 0 saturated heterocycles. The van der Waals surface area contributed by atoms with Crippen molar-refractivity contribution in [3.63, 3.8) is 0 Å². The van der Waals surface area contributed by atoms with Gasteiger partial charge in [-0.25, -0.2) is 0 Å². The Bertz CT molecular complexity index is 815. The number of nitrogens with zero attached hydrogens (tertiary/aromatic N) is 2. The van der Waals surface area contributed by atoms with Gasteiger partial charge in [-0.3, -0.25) is 0 Å². The minimum atomic E-state index is 0. The number of fused-ring (bicyclic) bond motifs is 1. The standard InChI is InChI=1S/C17H15N3O2.ClH/c21-15-5-3-12(4-6-15)16-19-17(22-20-16)13-2-1-11-7-8-18-10-14(11)9-13;/h1-6,9,18,21H,7-8,10H2;1H. The van der Waals surface area contributed by atoms with Crippen molar-refractivity contribution in [1.29, 1.82) is 0 Å². The van der Waals surface area contributed by atoms with Crippen LogP contribution in [0.1, 0.15) is 11.1 Å². The number of phenols is 1. The molecule has 2 N–H and O–H groups in total. The van der Waals surface area contributed by atoms with Crippen LogP contribution in [0, 0.1) is 0 Å². The Morgan fingerprint density at radius 1 is 1.00 bits per heavy atom. The molecular weight excluding hydrogens is 314 g/mol. The maximum atomic E-state index is 9.33. The van der Waals surface area contributed by atoms with Crippen molar-refractivity contribution in [2.24, 2.45) is 0 Å². The van der Waals surface area contributed by atoms with E-state index in [0.29, 0.717) is 11.7 Å². The molecule has 23 heavy (non-hydrogen) atoms. The van der Waals surface area contributed by atoms with Crippen LogP contribution in [0.5, 0.6) is 5.75 Å². The van der Waals surface area contributed by atoms with Gasteiger partial charge in [-0.2, -0.15) is 4.98 Å². The van der Waals surface area contributed by atoms with Gasteiger partial charge in [0.15, 0.2) is 0 Å². The number of hydrogen-bond donors (Lipinski definition) is 2. The van der Waals surface area contributed by atoms with Gasteiger partial charge in [-0.05, 0) is 60.5 Å². The van der Waals surface area contributed by atoms with Crippen LogP contribution < -0.4 is 5.32 Å². The molecule has 0 atom stereocenters. The number of halogens is 1. The Balaban J connectivity index is 0.00000156. The van der Waals surface area contributed by atoms with Crippen molar-refractivity contribution >= 4 is 12.4 Å². The van der Waals surface area contributed by atoms with Crippen LogP contribution in [0.25, 0.3) is 22.8 Å². The van der Waals surface area contributed by atoms with E-state index in [9.17, 15) is 5.11 Å². The fourth-order valence-electron chi connectivity index (χ4n) is 2.68. The zero-order chi connectivity index (χ0) is 14.9. The molecule has 4 rings (SSSR count). The first-order chi connectivity index (χ1) is 10.8. The SMILES string of the molecule is Cl.Oc1ccc(-c2noc(-c3ccc4c(c3)CNCC4)n2)cc1. The lowest BCUT2D eigenvalue weighted by atomic mass is 9.98. The Labute approximate surface area is 139 Å². The minimum Gasteiger partial charge on any atom is -0.508 e. The van der Waals surface area contributed by atoms with Crippen molar-refractivity contribution in [3.8, 4) is 28.6 Å². The highest BCUT2D eigenvalue weighted by molar-refractivity contribution is 5.85. The number of hydrogen-bond acceptors (Lipinski definition) is 5. The summed E-state index contributed by atoms with van der Waals surface area (Å²) >= 11 is 0. The van der Waals surface area contributed by atoms with Gasteiger partial charge < -0.3 is 14.9 Å². The average Bonchev–Trinajstić information content (AvgIpc) is 3.05. The average molecular weight is 330 g/mol. The molecule has 118 valence electrons. The van der Waals surface area contributed by atoms with Crippen molar-refractivity contribution in [3.05, 3.63) is 53.6 Å². The van der Waals surface area contributed by atoms with Crippen LogP contribution in [0.15, 0.2) is 47.0 Å². The summed E-state index contributed by atoms with van der Waals surface area (Å²) in [6, 6.07) is 13.0. The Morgan fingerprint density at radius 3 is 2.61 bits per heavy atom. The predicted molar refractivity (Wildman–Crippen MR) is 89.5 cm³/mol. The molecule has 0 spiro atoms. The van der Waals surface area contributed by atoms with Gasteiger partial charge in [-0.1, -0.05) is 11.2 Å². The van der Waals surface area contributed by atoms with Crippen LogP contribution in [-0.4, -0.2) is 21.8 Å². The van der Waals surface area contributed by atoms with Crippen molar-refractivity contribution in [1.82, 2.24) is 15.5 Å². The van der Waals surface area contributed by atoms with E-state index in [1.54, 1.807) is 24.3 Å². The van der Waals surface area contributed by atoms with E-state index in [4.69, 9.17) is 4.52 Å². The van der Waals surface area contributed by atoms with E-state index in [0.717, 1.165) is 30.6 Å². The number of aromatic nitrogens is 2. The lowest BCUT2D eigenvalue weighted by Crippen LogP contribution is -2.23. The minimum absolute atomic E-state index is 0. The lowest BCUT2D eigenvalue weighted by Gasteiger charge is -2.16. The third-order valence-electron chi connectivity index (χ3n) is 3.89. The van der Waals surface area contributed by atoms with Crippen LogP contribution in [0.2, 0.25) is 0 Å². The number of aromatic hydroxyl groups is 1. The third kappa shape index (κ3) is 3.06. The molecule has 3 aromatic rings. The molecule has 1 aliphatic heterocycles. The third-order valence-corrected chi connectivity index (χ3v) is 3.89. The molecule has 0 fully saturated rings. The molecule has 0 bridgehead atoms. The lowest BCUT2D eigenvalue weighted by molar-refractivity contribution is 0.432. The largest absolute Gasteiger partial charge is 0.508 e. The molecule has 0 aliphatic carbocycles. The maximum absolute atomic E-state index is 9.33. The highest BCUT2D eigenvalue weighted by atomic mass is 35.5. The van der Waals surface area contributed by atoms with E-state index >= 15 is 0 Å². The van der Waals surface area contributed by atoms with E-state index in [-0.39, 0.29) is 18.2 Å². The Kier molecular flexibility index (Phi) is 4.32. The predicted octanol–water partition coefficient (Wildman–Crippen LogP) is 3.18. The summed E-state index contributed by atoms with van der Waals surface area (Å²) in [5.74, 6) is 1.25. The van der Waals surface area contributed by atoms with E-state index in [1.165, 1.54) is 11.1 Å². The second kappa shape index (κ2) is 6.40. The van der Waals surface area contributed by atoms with Gasteiger partial charge in [0.25, 0.3) is 5.89 Å². The van der Waals surface area contributed by atoms with E-state index in [2.05, 4.69) is 27.6 Å².